The fourth-order valence-electron chi connectivity index (χ4n) is 1.67. The van der Waals surface area contributed by atoms with Crippen LogP contribution in [-0.4, -0.2) is 7.05 Å². The van der Waals surface area contributed by atoms with Crippen molar-refractivity contribution in [2.24, 2.45) is 0 Å². The first-order valence-corrected chi connectivity index (χ1v) is 6.54. The van der Waals surface area contributed by atoms with Crippen molar-refractivity contribution in [2.45, 2.75) is 6.04 Å². The van der Waals surface area contributed by atoms with Gasteiger partial charge in [-0.3, -0.25) is 0 Å². The van der Waals surface area contributed by atoms with Crippen LogP contribution in [0.3, 0.4) is 0 Å². The van der Waals surface area contributed by atoms with Gasteiger partial charge in [-0.2, -0.15) is 0 Å². The minimum Gasteiger partial charge on any atom is -0.309 e. The molecule has 0 fully saturated rings. The van der Waals surface area contributed by atoms with Crippen molar-refractivity contribution in [1.29, 1.82) is 0 Å². The molecule has 0 saturated carbocycles. The second kappa shape index (κ2) is 5.08. The van der Waals surface area contributed by atoms with Gasteiger partial charge in [-0.15, -0.1) is 11.3 Å². The van der Waals surface area contributed by atoms with Gasteiger partial charge >= 0.3 is 0 Å². The van der Waals surface area contributed by atoms with Crippen LogP contribution in [0.4, 0.5) is 4.39 Å². The summed E-state index contributed by atoms with van der Waals surface area (Å²) in [7, 11) is 1.88. The lowest BCUT2D eigenvalue weighted by Gasteiger charge is -2.15. The van der Waals surface area contributed by atoms with Gasteiger partial charge in [-0.1, -0.05) is 22.0 Å². The predicted molar refractivity (Wildman–Crippen MR) is 69.3 cm³/mol. The maximum absolute atomic E-state index is 13.3. The molecule has 1 aromatic carbocycles. The summed E-state index contributed by atoms with van der Waals surface area (Å²) in [6.07, 6.45) is 0. The van der Waals surface area contributed by atoms with E-state index in [1.54, 1.807) is 17.4 Å². The summed E-state index contributed by atoms with van der Waals surface area (Å²) in [6.45, 7) is 0. The van der Waals surface area contributed by atoms with Gasteiger partial charge in [0.2, 0.25) is 0 Å². The maximum atomic E-state index is 13.3. The van der Waals surface area contributed by atoms with Crippen LogP contribution < -0.4 is 5.32 Å². The lowest BCUT2D eigenvalue weighted by molar-refractivity contribution is 0.617. The molecule has 1 N–H and O–H groups in total. The van der Waals surface area contributed by atoms with E-state index in [1.807, 2.05) is 30.6 Å². The molecule has 1 aromatic heterocycles. The van der Waals surface area contributed by atoms with E-state index in [4.69, 9.17) is 0 Å². The van der Waals surface area contributed by atoms with Crippen LogP contribution in [0.15, 0.2) is 40.2 Å². The van der Waals surface area contributed by atoms with Crippen LogP contribution in [0.5, 0.6) is 0 Å². The predicted octanol–water partition coefficient (Wildman–Crippen LogP) is 3.96. The minimum absolute atomic E-state index is 0.0481. The van der Waals surface area contributed by atoms with Gasteiger partial charge in [0, 0.05) is 9.35 Å². The Bertz CT molecular complexity index is 450. The number of nitrogens with one attached hydrogen (secondary N) is 1. The number of thiophene rings is 1. The Morgan fingerprint density at radius 3 is 2.75 bits per heavy atom. The second-order valence-corrected chi connectivity index (χ2v) is 5.33. The monoisotopic (exact) mass is 299 g/mol. The molecule has 0 aliphatic carbocycles. The normalized spacial score (nSPS) is 12.7. The van der Waals surface area contributed by atoms with Gasteiger partial charge in [-0.05, 0) is 42.3 Å². The highest BCUT2D eigenvalue weighted by molar-refractivity contribution is 9.10. The largest absolute Gasteiger partial charge is 0.309 e. The Hall–Kier alpha value is -0.710. The van der Waals surface area contributed by atoms with Gasteiger partial charge in [0.05, 0.1) is 6.04 Å². The molecule has 0 bridgehead atoms. The van der Waals surface area contributed by atoms with Crippen molar-refractivity contribution in [1.82, 2.24) is 5.32 Å². The molecule has 1 unspecified atom stereocenters. The van der Waals surface area contributed by atoms with Crippen molar-refractivity contribution in [3.05, 3.63) is 56.4 Å². The van der Waals surface area contributed by atoms with E-state index in [-0.39, 0.29) is 11.9 Å². The molecule has 1 heterocycles. The van der Waals surface area contributed by atoms with E-state index in [0.717, 1.165) is 10.0 Å². The fraction of sp³-hybridized carbons (Fsp3) is 0.167. The molecule has 0 amide bonds. The number of hydrogen-bond donors (Lipinski definition) is 1. The van der Waals surface area contributed by atoms with Crippen LogP contribution in [0.2, 0.25) is 0 Å². The first kappa shape index (κ1) is 11.8. The molecular weight excluding hydrogens is 289 g/mol. The van der Waals surface area contributed by atoms with E-state index in [9.17, 15) is 4.39 Å². The molecule has 0 spiro atoms. The van der Waals surface area contributed by atoms with Crippen LogP contribution in [0.1, 0.15) is 16.5 Å². The lowest BCUT2D eigenvalue weighted by Crippen LogP contribution is -2.16. The highest BCUT2D eigenvalue weighted by Crippen LogP contribution is 2.28. The molecule has 2 rings (SSSR count). The molecule has 0 aliphatic rings. The molecule has 0 aliphatic heterocycles. The molecule has 0 radical (unpaired) electrons. The van der Waals surface area contributed by atoms with E-state index in [0.29, 0.717) is 0 Å². The van der Waals surface area contributed by atoms with Crippen molar-refractivity contribution < 1.29 is 4.39 Å². The molecule has 1 atom stereocenters. The van der Waals surface area contributed by atoms with Crippen LogP contribution >= 0.6 is 27.3 Å². The number of benzene rings is 1. The Balaban J connectivity index is 2.41. The van der Waals surface area contributed by atoms with Crippen LogP contribution in [0.25, 0.3) is 0 Å². The Morgan fingerprint density at radius 1 is 1.38 bits per heavy atom. The topological polar surface area (TPSA) is 12.0 Å². The van der Waals surface area contributed by atoms with Crippen molar-refractivity contribution >= 4 is 27.3 Å². The molecular formula is C12H11BrFNS. The number of halogens is 2. The van der Waals surface area contributed by atoms with Gasteiger partial charge < -0.3 is 5.32 Å². The van der Waals surface area contributed by atoms with Gasteiger partial charge in [0.15, 0.2) is 0 Å². The molecule has 0 saturated heterocycles. The molecule has 2 aromatic rings. The van der Waals surface area contributed by atoms with Gasteiger partial charge in [0.1, 0.15) is 5.82 Å². The lowest BCUT2D eigenvalue weighted by atomic mass is 10.1. The highest BCUT2D eigenvalue weighted by Gasteiger charge is 2.14. The summed E-state index contributed by atoms with van der Waals surface area (Å²) in [5.41, 5.74) is 0.928. The smallest absolute Gasteiger partial charge is 0.124 e. The second-order valence-electron chi connectivity index (χ2n) is 3.44. The van der Waals surface area contributed by atoms with Crippen molar-refractivity contribution in [2.75, 3.05) is 7.05 Å². The summed E-state index contributed by atoms with van der Waals surface area (Å²) in [5.74, 6) is -0.221. The van der Waals surface area contributed by atoms with Crippen LogP contribution in [-0.2, 0) is 0 Å². The SMILES string of the molecule is CNC(c1cc(F)cc(Br)c1)c1cccs1. The summed E-state index contributed by atoms with van der Waals surface area (Å²) in [5, 5.41) is 5.22. The van der Waals surface area contributed by atoms with E-state index in [2.05, 4.69) is 21.2 Å². The van der Waals surface area contributed by atoms with Crippen LogP contribution in [0, 0.1) is 5.82 Å². The summed E-state index contributed by atoms with van der Waals surface area (Å²) < 4.78 is 14.1. The molecule has 16 heavy (non-hydrogen) atoms. The zero-order valence-electron chi connectivity index (χ0n) is 8.71. The van der Waals surface area contributed by atoms with E-state index >= 15 is 0 Å². The van der Waals surface area contributed by atoms with E-state index < -0.39 is 0 Å². The van der Waals surface area contributed by atoms with Crippen molar-refractivity contribution in [3.63, 3.8) is 0 Å². The van der Waals surface area contributed by atoms with Gasteiger partial charge in [0.25, 0.3) is 0 Å². The third-order valence-corrected chi connectivity index (χ3v) is 3.73. The zero-order chi connectivity index (χ0) is 11.5. The third kappa shape index (κ3) is 2.51. The van der Waals surface area contributed by atoms with Gasteiger partial charge in [-0.25, -0.2) is 4.39 Å². The minimum atomic E-state index is -0.221. The summed E-state index contributed by atoms with van der Waals surface area (Å²) in [4.78, 5) is 1.18. The average Bonchev–Trinajstić information content (AvgIpc) is 2.70. The standard InChI is InChI=1S/C12H11BrFNS/c1-15-12(11-3-2-4-16-11)8-5-9(13)7-10(14)6-8/h2-7,12,15H,1H3. The zero-order valence-corrected chi connectivity index (χ0v) is 11.1. The molecule has 1 nitrogen and oxygen atoms in total. The Kier molecular flexibility index (Phi) is 3.74. The number of rotatable bonds is 3. The van der Waals surface area contributed by atoms with E-state index in [1.165, 1.54) is 10.9 Å². The highest BCUT2D eigenvalue weighted by atomic mass is 79.9. The average molecular weight is 300 g/mol. The summed E-state index contributed by atoms with van der Waals surface area (Å²) >= 11 is 4.97. The quantitative estimate of drug-likeness (QED) is 0.905. The first-order valence-electron chi connectivity index (χ1n) is 4.87. The molecule has 4 heteroatoms. The first-order chi connectivity index (χ1) is 7.70. The molecule has 84 valence electrons. The Morgan fingerprint density at radius 2 is 2.19 bits per heavy atom. The fourth-order valence-corrected chi connectivity index (χ4v) is 3.01. The maximum Gasteiger partial charge on any atom is 0.124 e. The third-order valence-electron chi connectivity index (χ3n) is 2.33. The van der Waals surface area contributed by atoms with Crippen molar-refractivity contribution in [3.8, 4) is 0 Å². The summed E-state index contributed by atoms with van der Waals surface area (Å²) in [6, 6.07) is 9.05. The number of hydrogen-bond acceptors (Lipinski definition) is 2. The Labute approximate surface area is 106 Å².